The van der Waals surface area contributed by atoms with Crippen molar-refractivity contribution in [3.63, 3.8) is 0 Å². The monoisotopic (exact) mass is 205 g/mol. The maximum absolute atomic E-state index is 10.1. The maximum atomic E-state index is 10.1. The lowest BCUT2D eigenvalue weighted by Gasteiger charge is -2.18. The summed E-state index contributed by atoms with van der Waals surface area (Å²) in [5, 5.41) is 2.65. The van der Waals surface area contributed by atoms with E-state index < -0.39 is 0 Å². The number of amides is 1. The smallest absolute Gasteiger partial charge is 0.207 e. The number of carbonyl (C=O) groups excluding carboxylic acids is 1. The van der Waals surface area contributed by atoms with Gasteiger partial charge in [-0.15, -0.1) is 0 Å². The molecule has 0 aliphatic heterocycles. The third-order valence-corrected chi connectivity index (χ3v) is 2.15. The maximum Gasteiger partial charge on any atom is 0.207 e. The molecule has 1 aromatic rings. The van der Waals surface area contributed by atoms with Gasteiger partial charge < -0.3 is 5.32 Å². The van der Waals surface area contributed by atoms with E-state index in [0.717, 1.165) is 18.4 Å². The van der Waals surface area contributed by atoms with Crippen LogP contribution in [0, 0.1) is 5.41 Å². The molecule has 0 aromatic heterocycles. The second-order valence-electron chi connectivity index (χ2n) is 5.05. The highest BCUT2D eigenvalue weighted by molar-refractivity contribution is 5.46. The van der Waals surface area contributed by atoms with Crippen molar-refractivity contribution in [3.05, 3.63) is 35.4 Å². The molecule has 0 unspecified atom stereocenters. The van der Waals surface area contributed by atoms with E-state index in [1.54, 1.807) is 0 Å². The molecule has 1 amide bonds. The van der Waals surface area contributed by atoms with Crippen molar-refractivity contribution >= 4 is 6.41 Å². The van der Waals surface area contributed by atoms with Crippen molar-refractivity contribution in [3.8, 4) is 0 Å². The summed E-state index contributed by atoms with van der Waals surface area (Å²) < 4.78 is 0. The first kappa shape index (κ1) is 11.8. The van der Waals surface area contributed by atoms with E-state index in [-0.39, 0.29) is 0 Å². The van der Waals surface area contributed by atoms with Gasteiger partial charge in [-0.2, -0.15) is 0 Å². The van der Waals surface area contributed by atoms with E-state index in [0.29, 0.717) is 12.0 Å². The molecule has 1 aromatic carbocycles. The van der Waals surface area contributed by atoms with Gasteiger partial charge in [0.15, 0.2) is 0 Å². The molecule has 15 heavy (non-hydrogen) atoms. The van der Waals surface area contributed by atoms with Gasteiger partial charge in [0.25, 0.3) is 0 Å². The van der Waals surface area contributed by atoms with Crippen LogP contribution in [0.4, 0.5) is 0 Å². The number of benzene rings is 1. The lowest BCUT2D eigenvalue weighted by atomic mass is 9.88. The van der Waals surface area contributed by atoms with Gasteiger partial charge in [0.2, 0.25) is 6.41 Å². The molecule has 0 heterocycles. The average molecular weight is 205 g/mol. The highest BCUT2D eigenvalue weighted by atomic mass is 16.1. The average Bonchev–Trinajstić information content (AvgIpc) is 2.14. The predicted octanol–water partition coefficient (Wildman–Crippen LogP) is 2.52. The Kier molecular flexibility index (Phi) is 3.89. The van der Waals surface area contributed by atoms with Crippen LogP contribution >= 0.6 is 0 Å². The van der Waals surface area contributed by atoms with Crippen LogP contribution in [-0.4, -0.2) is 6.41 Å². The van der Waals surface area contributed by atoms with E-state index in [9.17, 15) is 4.79 Å². The predicted molar refractivity (Wildman–Crippen MR) is 62.5 cm³/mol. The number of hydrogen-bond acceptors (Lipinski definition) is 1. The van der Waals surface area contributed by atoms with E-state index in [4.69, 9.17) is 0 Å². The molecule has 1 N–H and O–H groups in total. The Morgan fingerprint density at radius 1 is 1.13 bits per heavy atom. The fraction of sp³-hybridized carbons (Fsp3) is 0.462. The van der Waals surface area contributed by atoms with Crippen LogP contribution in [0.5, 0.6) is 0 Å². The number of rotatable bonds is 4. The highest BCUT2D eigenvalue weighted by Crippen LogP contribution is 2.20. The van der Waals surface area contributed by atoms with Crippen LogP contribution in [0.1, 0.15) is 31.9 Å². The molecule has 1 rings (SSSR count). The molecule has 0 spiro atoms. The number of nitrogens with one attached hydrogen (secondary N) is 1. The fourth-order valence-corrected chi connectivity index (χ4v) is 1.55. The Labute approximate surface area is 91.7 Å². The lowest BCUT2D eigenvalue weighted by Crippen LogP contribution is -2.11. The van der Waals surface area contributed by atoms with Crippen molar-refractivity contribution in [2.24, 2.45) is 5.41 Å². The van der Waals surface area contributed by atoms with Crippen LogP contribution in [0.2, 0.25) is 0 Å². The van der Waals surface area contributed by atoms with Crippen molar-refractivity contribution in [2.75, 3.05) is 0 Å². The number of carbonyl (C=O) groups is 1. The summed E-state index contributed by atoms with van der Waals surface area (Å²) in [6.45, 7) is 7.30. The third kappa shape index (κ3) is 4.63. The molecule has 0 radical (unpaired) electrons. The van der Waals surface area contributed by atoms with Gasteiger partial charge in [0.1, 0.15) is 0 Å². The molecule has 82 valence electrons. The summed E-state index contributed by atoms with van der Waals surface area (Å²) in [6, 6.07) is 8.40. The molecule has 0 fully saturated rings. The van der Waals surface area contributed by atoms with E-state index >= 15 is 0 Å². The Balaban J connectivity index is 2.60. The molecule has 0 saturated heterocycles. The van der Waals surface area contributed by atoms with Crippen LogP contribution in [-0.2, 0) is 17.8 Å². The third-order valence-electron chi connectivity index (χ3n) is 2.15. The summed E-state index contributed by atoms with van der Waals surface area (Å²) in [6.07, 6.45) is 1.80. The molecule has 2 heteroatoms. The van der Waals surface area contributed by atoms with E-state index in [1.165, 1.54) is 5.56 Å². The SMILES string of the molecule is CC(C)(C)Cc1ccc(CNC=O)cc1. The summed E-state index contributed by atoms with van der Waals surface area (Å²) in [5.41, 5.74) is 2.81. The molecule has 0 atom stereocenters. The summed E-state index contributed by atoms with van der Waals surface area (Å²) in [5.74, 6) is 0. The van der Waals surface area contributed by atoms with Gasteiger partial charge in [-0.3, -0.25) is 4.79 Å². The zero-order chi connectivity index (χ0) is 11.3. The van der Waals surface area contributed by atoms with E-state index in [2.05, 4.69) is 50.4 Å². The topological polar surface area (TPSA) is 29.1 Å². The van der Waals surface area contributed by atoms with Crippen LogP contribution in [0.3, 0.4) is 0 Å². The molecule has 2 nitrogen and oxygen atoms in total. The van der Waals surface area contributed by atoms with Gasteiger partial charge in [-0.05, 0) is 23.0 Å². The Morgan fingerprint density at radius 2 is 1.67 bits per heavy atom. The van der Waals surface area contributed by atoms with Crippen molar-refractivity contribution in [2.45, 2.75) is 33.7 Å². The zero-order valence-corrected chi connectivity index (χ0v) is 9.71. The quantitative estimate of drug-likeness (QED) is 0.752. The minimum atomic E-state index is 0.322. The van der Waals surface area contributed by atoms with Gasteiger partial charge in [0.05, 0.1) is 0 Å². The largest absolute Gasteiger partial charge is 0.355 e. The Hall–Kier alpha value is -1.31. The van der Waals surface area contributed by atoms with Gasteiger partial charge >= 0.3 is 0 Å². The molecular formula is C13H19NO. The van der Waals surface area contributed by atoms with Gasteiger partial charge in [-0.1, -0.05) is 45.0 Å². The summed E-state index contributed by atoms with van der Waals surface area (Å²) in [7, 11) is 0. The van der Waals surface area contributed by atoms with Gasteiger partial charge in [0, 0.05) is 6.54 Å². The van der Waals surface area contributed by atoms with Crippen molar-refractivity contribution < 1.29 is 4.79 Å². The van der Waals surface area contributed by atoms with Crippen LogP contribution in [0.25, 0.3) is 0 Å². The molecule has 0 bridgehead atoms. The Bertz CT molecular complexity index is 308. The summed E-state index contributed by atoms with van der Waals surface area (Å²) in [4.78, 5) is 10.1. The highest BCUT2D eigenvalue weighted by Gasteiger charge is 2.10. The first-order chi connectivity index (χ1) is 7.01. The molecule has 0 saturated carbocycles. The van der Waals surface area contributed by atoms with Crippen LogP contribution < -0.4 is 5.32 Å². The zero-order valence-electron chi connectivity index (χ0n) is 9.71. The second-order valence-corrected chi connectivity index (χ2v) is 5.05. The molecule has 0 aliphatic carbocycles. The second kappa shape index (κ2) is 4.96. The number of hydrogen-bond donors (Lipinski definition) is 1. The first-order valence-corrected chi connectivity index (χ1v) is 5.26. The minimum Gasteiger partial charge on any atom is -0.355 e. The van der Waals surface area contributed by atoms with Crippen molar-refractivity contribution in [1.29, 1.82) is 0 Å². The fourth-order valence-electron chi connectivity index (χ4n) is 1.55. The van der Waals surface area contributed by atoms with Gasteiger partial charge in [-0.25, -0.2) is 0 Å². The minimum absolute atomic E-state index is 0.322. The standard InChI is InChI=1S/C13H19NO/c1-13(2,3)8-11-4-6-12(7-5-11)9-14-10-15/h4-7,10H,8-9H2,1-3H3,(H,14,15). The lowest BCUT2D eigenvalue weighted by molar-refractivity contribution is -0.109. The van der Waals surface area contributed by atoms with Crippen LogP contribution in [0.15, 0.2) is 24.3 Å². The van der Waals surface area contributed by atoms with Crippen molar-refractivity contribution in [1.82, 2.24) is 5.32 Å². The van der Waals surface area contributed by atoms with E-state index in [1.807, 2.05) is 0 Å². The summed E-state index contributed by atoms with van der Waals surface area (Å²) >= 11 is 0. The molecule has 0 aliphatic rings. The normalized spacial score (nSPS) is 11.1. The first-order valence-electron chi connectivity index (χ1n) is 5.26. The Morgan fingerprint density at radius 3 is 2.13 bits per heavy atom. The molecular weight excluding hydrogens is 186 g/mol.